The Morgan fingerprint density at radius 1 is 1.18 bits per heavy atom. The molecule has 0 fully saturated rings. The van der Waals surface area contributed by atoms with Gasteiger partial charge in [0, 0.05) is 5.56 Å². The molecular weight excluding hydrogens is 324 g/mol. The summed E-state index contributed by atoms with van der Waals surface area (Å²) in [5, 5.41) is 7.25. The maximum atomic E-state index is 13.7. The van der Waals surface area contributed by atoms with E-state index >= 15 is 0 Å². The number of hydrogen-bond acceptors (Lipinski definition) is 3. The van der Waals surface area contributed by atoms with Crippen molar-refractivity contribution in [3.05, 3.63) is 33.5 Å². The molecule has 8 heteroatoms. The molecule has 0 saturated carbocycles. The van der Waals surface area contributed by atoms with Gasteiger partial charge >= 0.3 is 6.18 Å². The minimum atomic E-state index is -4.72. The Bertz CT molecular complexity index is 552. The standard InChI is InChI=1S/C9H3BrF4N2S/c10-8-16-15-7(17-8)4-2-1-3-5(6(4)11)9(12,13)14/h1-3H. The van der Waals surface area contributed by atoms with E-state index in [9.17, 15) is 17.6 Å². The maximum Gasteiger partial charge on any atom is 0.419 e. The first kappa shape index (κ1) is 12.4. The second-order valence-electron chi connectivity index (χ2n) is 3.03. The van der Waals surface area contributed by atoms with Crippen LogP contribution in [-0.2, 0) is 6.18 Å². The Labute approximate surface area is 105 Å². The van der Waals surface area contributed by atoms with Crippen LogP contribution in [0, 0.1) is 5.82 Å². The molecule has 90 valence electrons. The molecule has 0 bridgehead atoms. The molecule has 1 heterocycles. The molecule has 2 nitrogen and oxygen atoms in total. The first-order valence-corrected chi connectivity index (χ1v) is 5.85. The Morgan fingerprint density at radius 3 is 2.41 bits per heavy atom. The second-order valence-corrected chi connectivity index (χ2v) is 5.28. The zero-order chi connectivity index (χ0) is 12.6. The van der Waals surface area contributed by atoms with E-state index in [2.05, 4.69) is 26.1 Å². The lowest BCUT2D eigenvalue weighted by Gasteiger charge is -2.09. The van der Waals surface area contributed by atoms with Gasteiger partial charge in [0.2, 0.25) is 0 Å². The van der Waals surface area contributed by atoms with E-state index in [1.807, 2.05) is 0 Å². The molecule has 1 aromatic heterocycles. The van der Waals surface area contributed by atoms with Gasteiger partial charge in [-0.05, 0) is 28.1 Å². The molecular formula is C9H3BrF4N2S. The van der Waals surface area contributed by atoms with E-state index < -0.39 is 17.6 Å². The van der Waals surface area contributed by atoms with Crippen molar-refractivity contribution >= 4 is 27.3 Å². The quantitative estimate of drug-likeness (QED) is 0.736. The molecule has 0 N–H and O–H groups in total. The summed E-state index contributed by atoms with van der Waals surface area (Å²) in [6.07, 6.45) is -4.72. The Balaban J connectivity index is 2.57. The largest absolute Gasteiger partial charge is 0.419 e. The van der Waals surface area contributed by atoms with Gasteiger partial charge in [-0.3, -0.25) is 0 Å². The predicted octanol–water partition coefficient (Wildman–Crippen LogP) is 4.13. The van der Waals surface area contributed by atoms with Crippen molar-refractivity contribution < 1.29 is 17.6 Å². The van der Waals surface area contributed by atoms with Crippen molar-refractivity contribution in [2.45, 2.75) is 6.18 Å². The summed E-state index contributed by atoms with van der Waals surface area (Å²) >= 11 is 3.97. The third-order valence-corrected chi connectivity index (χ3v) is 3.32. The average molecular weight is 327 g/mol. The van der Waals surface area contributed by atoms with Crippen LogP contribution in [0.25, 0.3) is 10.6 Å². The van der Waals surface area contributed by atoms with Crippen molar-refractivity contribution in [1.82, 2.24) is 10.2 Å². The third-order valence-electron chi connectivity index (χ3n) is 1.93. The third kappa shape index (κ3) is 2.47. The number of hydrogen-bond donors (Lipinski definition) is 0. The van der Waals surface area contributed by atoms with Gasteiger partial charge in [0.25, 0.3) is 0 Å². The van der Waals surface area contributed by atoms with Crippen LogP contribution in [0.4, 0.5) is 17.6 Å². The summed E-state index contributed by atoms with van der Waals surface area (Å²) in [4.78, 5) is 0. The lowest BCUT2D eigenvalue weighted by atomic mass is 10.1. The van der Waals surface area contributed by atoms with Crippen LogP contribution >= 0.6 is 27.3 Å². The molecule has 2 rings (SSSR count). The van der Waals surface area contributed by atoms with Crippen molar-refractivity contribution in [3.8, 4) is 10.6 Å². The Hall–Kier alpha value is -1.02. The molecule has 2 aromatic rings. The van der Waals surface area contributed by atoms with Crippen LogP contribution < -0.4 is 0 Å². The second kappa shape index (κ2) is 4.34. The predicted molar refractivity (Wildman–Crippen MR) is 58.0 cm³/mol. The van der Waals surface area contributed by atoms with Crippen molar-refractivity contribution in [2.24, 2.45) is 0 Å². The van der Waals surface area contributed by atoms with E-state index in [0.29, 0.717) is 9.98 Å². The van der Waals surface area contributed by atoms with Gasteiger partial charge in [-0.25, -0.2) is 4.39 Å². The van der Waals surface area contributed by atoms with Crippen LogP contribution in [0.5, 0.6) is 0 Å². The monoisotopic (exact) mass is 326 g/mol. The summed E-state index contributed by atoms with van der Waals surface area (Å²) in [5.74, 6) is -1.33. The van der Waals surface area contributed by atoms with Crippen LogP contribution in [0.15, 0.2) is 22.1 Å². The van der Waals surface area contributed by atoms with Gasteiger partial charge in [0.05, 0.1) is 5.56 Å². The van der Waals surface area contributed by atoms with Crippen LogP contribution in [0.1, 0.15) is 5.56 Å². The van der Waals surface area contributed by atoms with Gasteiger partial charge in [-0.15, -0.1) is 10.2 Å². The highest BCUT2D eigenvalue weighted by Crippen LogP contribution is 2.36. The topological polar surface area (TPSA) is 25.8 Å². The van der Waals surface area contributed by atoms with E-state index in [1.54, 1.807) is 0 Å². The molecule has 0 aliphatic heterocycles. The Kier molecular flexibility index (Phi) is 3.17. The molecule has 0 aliphatic rings. The van der Waals surface area contributed by atoms with Crippen molar-refractivity contribution in [3.63, 3.8) is 0 Å². The minimum Gasteiger partial charge on any atom is -0.206 e. The molecule has 1 aromatic carbocycles. The van der Waals surface area contributed by atoms with Crippen molar-refractivity contribution in [1.29, 1.82) is 0 Å². The highest BCUT2D eigenvalue weighted by molar-refractivity contribution is 9.11. The molecule has 0 aliphatic carbocycles. The number of benzene rings is 1. The fourth-order valence-electron chi connectivity index (χ4n) is 1.23. The van der Waals surface area contributed by atoms with Crippen molar-refractivity contribution in [2.75, 3.05) is 0 Å². The van der Waals surface area contributed by atoms with Gasteiger partial charge in [-0.2, -0.15) is 13.2 Å². The summed E-state index contributed by atoms with van der Waals surface area (Å²) in [5.41, 5.74) is -1.51. The highest BCUT2D eigenvalue weighted by atomic mass is 79.9. The molecule has 0 amide bonds. The smallest absolute Gasteiger partial charge is 0.206 e. The highest BCUT2D eigenvalue weighted by Gasteiger charge is 2.35. The van der Waals surface area contributed by atoms with Crippen LogP contribution in [0.2, 0.25) is 0 Å². The molecule has 0 spiro atoms. The molecule has 0 unspecified atom stereocenters. The average Bonchev–Trinajstić information content (AvgIpc) is 2.63. The first-order chi connectivity index (χ1) is 7.89. The number of aromatic nitrogens is 2. The van der Waals surface area contributed by atoms with E-state index in [0.717, 1.165) is 17.4 Å². The molecule has 17 heavy (non-hydrogen) atoms. The van der Waals surface area contributed by atoms with Gasteiger partial charge in [-0.1, -0.05) is 17.4 Å². The lowest BCUT2D eigenvalue weighted by molar-refractivity contribution is -0.139. The van der Waals surface area contributed by atoms with Gasteiger partial charge in [0.1, 0.15) is 5.82 Å². The van der Waals surface area contributed by atoms with Crippen LogP contribution in [-0.4, -0.2) is 10.2 Å². The SMILES string of the molecule is Fc1c(-c2nnc(Br)s2)cccc1C(F)(F)F. The zero-order valence-electron chi connectivity index (χ0n) is 7.92. The maximum absolute atomic E-state index is 13.7. The van der Waals surface area contributed by atoms with E-state index in [4.69, 9.17) is 0 Å². The lowest BCUT2D eigenvalue weighted by Crippen LogP contribution is -2.08. The number of halogens is 5. The van der Waals surface area contributed by atoms with Gasteiger partial charge < -0.3 is 0 Å². The summed E-state index contributed by atoms with van der Waals surface area (Å²) in [6, 6.07) is 3.06. The molecule has 0 radical (unpaired) electrons. The normalized spacial score (nSPS) is 11.8. The zero-order valence-corrected chi connectivity index (χ0v) is 10.3. The molecule has 0 atom stereocenters. The summed E-state index contributed by atoms with van der Waals surface area (Å²) < 4.78 is 51.4. The minimum absolute atomic E-state index is 0.0977. The summed E-state index contributed by atoms with van der Waals surface area (Å²) in [6.45, 7) is 0. The summed E-state index contributed by atoms with van der Waals surface area (Å²) in [7, 11) is 0. The number of alkyl halides is 3. The first-order valence-electron chi connectivity index (χ1n) is 4.24. The van der Waals surface area contributed by atoms with E-state index in [1.165, 1.54) is 6.07 Å². The van der Waals surface area contributed by atoms with Gasteiger partial charge in [0.15, 0.2) is 8.92 Å². The number of nitrogens with zero attached hydrogens (tertiary/aromatic N) is 2. The fourth-order valence-corrected chi connectivity index (χ4v) is 2.36. The number of rotatable bonds is 1. The van der Waals surface area contributed by atoms with Crippen LogP contribution in [0.3, 0.4) is 0 Å². The molecule has 0 saturated heterocycles. The Morgan fingerprint density at radius 2 is 1.88 bits per heavy atom. The fraction of sp³-hybridized carbons (Fsp3) is 0.111. The van der Waals surface area contributed by atoms with E-state index in [-0.39, 0.29) is 10.6 Å².